The number of hydrogen-bond acceptors (Lipinski definition) is 4. The fraction of sp³-hybridized carbons (Fsp3) is 0.455. The Kier molecular flexibility index (Phi) is 2.71. The summed E-state index contributed by atoms with van der Waals surface area (Å²) >= 11 is 1.45. The average Bonchev–Trinajstić information content (AvgIpc) is 2.98. The van der Waals surface area contributed by atoms with Crippen LogP contribution in [0.15, 0.2) is 24.0 Å². The van der Waals surface area contributed by atoms with Gasteiger partial charge in [0.25, 0.3) is 0 Å². The van der Waals surface area contributed by atoms with Gasteiger partial charge in [0.05, 0.1) is 18.8 Å². The monoisotopic (exact) mass is 235 g/mol. The fourth-order valence-electron chi connectivity index (χ4n) is 2.04. The smallest absolute Gasteiger partial charge is 0.142 e. The highest BCUT2D eigenvalue weighted by molar-refractivity contribution is 7.03. The van der Waals surface area contributed by atoms with E-state index in [-0.39, 0.29) is 0 Å². The molecular weight excluding hydrogens is 222 g/mol. The van der Waals surface area contributed by atoms with Crippen LogP contribution in [0, 0.1) is 0 Å². The first kappa shape index (κ1) is 9.99. The van der Waals surface area contributed by atoms with E-state index < -0.39 is 0 Å². The van der Waals surface area contributed by atoms with Crippen LogP contribution >= 0.6 is 11.5 Å². The molecule has 0 N–H and O–H groups in total. The topological polar surface area (TPSA) is 39.9 Å². The highest BCUT2D eigenvalue weighted by atomic mass is 32.1. The van der Waals surface area contributed by atoms with Crippen molar-refractivity contribution in [2.75, 3.05) is 6.61 Å². The van der Waals surface area contributed by atoms with Gasteiger partial charge in [-0.15, -0.1) is 0 Å². The van der Waals surface area contributed by atoms with Crippen molar-refractivity contribution in [2.24, 2.45) is 0 Å². The van der Waals surface area contributed by atoms with Gasteiger partial charge in [-0.25, -0.2) is 9.36 Å². The van der Waals surface area contributed by atoms with E-state index in [2.05, 4.69) is 13.9 Å². The lowest BCUT2D eigenvalue weighted by atomic mass is 10.2. The standard InChI is InChI=1S/C11H13N3OS/c1-2-10(15-5-1)7-14-4-3-12-11(14)9-6-13-16-8-9/h3-4,6,8,10H,1-2,5,7H2/t10-/m0/s1. The summed E-state index contributed by atoms with van der Waals surface area (Å²) in [5, 5.41) is 2.02. The van der Waals surface area contributed by atoms with Crippen molar-refractivity contribution in [1.29, 1.82) is 0 Å². The van der Waals surface area contributed by atoms with Gasteiger partial charge in [0.2, 0.25) is 0 Å². The average molecular weight is 235 g/mol. The predicted octanol–water partition coefficient (Wildman–Crippen LogP) is 2.19. The van der Waals surface area contributed by atoms with Gasteiger partial charge >= 0.3 is 0 Å². The summed E-state index contributed by atoms with van der Waals surface area (Å²) in [5.74, 6) is 0.990. The van der Waals surface area contributed by atoms with Crippen LogP contribution in [0.4, 0.5) is 0 Å². The number of ether oxygens (including phenoxy) is 1. The van der Waals surface area contributed by atoms with Crippen LogP contribution < -0.4 is 0 Å². The SMILES string of the molecule is c1cn(C[C@@H]2CCCO2)c(-c2cnsc2)n1. The third-order valence-corrected chi connectivity index (χ3v) is 3.42. The van der Waals surface area contributed by atoms with Gasteiger partial charge in [0.15, 0.2) is 0 Å². The number of aromatic nitrogens is 3. The molecule has 3 rings (SSSR count). The predicted molar refractivity (Wildman–Crippen MR) is 62.3 cm³/mol. The Hall–Kier alpha value is -1.20. The molecular formula is C11H13N3OS. The second kappa shape index (κ2) is 4.35. The van der Waals surface area contributed by atoms with Gasteiger partial charge in [0.1, 0.15) is 5.82 Å². The van der Waals surface area contributed by atoms with Gasteiger partial charge in [-0.2, -0.15) is 0 Å². The Morgan fingerprint density at radius 1 is 1.56 bits per heavy atom. The molecule has 4 nitrogen and oxygen atoms in total. The van der Waals surface area contributed by atoms with E-state index in [1.165, 1.54) is 18.0 Å². The molecule has 2 aromatic heterocycles. The fourth-order valence-corrected chi connectivity index (χ4v) is 2.55. The molecule has 16 heavy (non-hydrogen) atoms. The molecule has 0 amide bonds. The molecule has 0 unspecified atom stereocenters. The van der Waals surface area contributed by atoms with Crippen LogP contribution in [-0.2, 0) is 11.3 Å². The van der Waals surface area contributed by atoms with E-state index in [0.29, 0.717) is 6.10 Å². The molecule has 0 aromatic carbocycles. The van der Waals surface area contributed by atoms with Gasteiger partial charge in [-0.05, 0) is 24.4 Å². The number of imidazole rings is 1. The Morgan fingerprint density at radius 3 is 3.31 bits per heavy atom. The molecule has 0 radical (unpaired) electrons. The molecule has 2 aromatic rings. The molecule has 0 spiro atoms. The molecule has 3 heterocycles. The minimum Gasteiger partial charge on any atom is -0.376 e. The van der Waals surface area contributed by atoms with Crippen molar-refractivity contribution in [3.63, 3.8) is 0 Å². The van der Waals surface area contributed by atoms with Crippen LogP contribution in [0.3, 0.4) is 0 Å². The third kappa shape index (κ3) is 1.88. The summed E-state index contributed by atoms with van der Waals surface area (Å²) in [6.07, 6.45) is 8.38. The summed E-state index contributed by atoms with van der Waals surface area (Å²) < 4.78 is 11.9. The van der Waals surface area contributed by atoms with E-state index >= 15 is 0 Å². The van der Waals surface area contributed by atoms with E-state index in [1.807, 2.05) is 24.0 Å². The summed E-state index contributed by atoms with van der Waals surface area (Å²) in [7, 11) is 0. The highest BCUT2D eigenvalue weighted by Crippen LogP contribution is 2.21. The Balaban J connectivity index is 1.82. The molecule has 0 aliphatic carbocycles. The van der Waals surface area contributed by atoms with Crippen LogP contribution in [0.5, 0.6) is 0 Å². The Labute approximate surface area is 98.1 Å². The van der Waals surface area contributed by atoms with Crippen LogP contribution in [0.1, 0.15) is 12.8 Å². The summed E-state index contributed by atoms with van der Waals surface area (Å²) in [4.78, 5) is 4.37. The van der Waals surface area contributed by atoms with Gasteiger partial charge in [-0.1, -0.05) is 0 Å². The zero-order chi connectivity index (χ0) is 10.8. The molecule has 84 valence electrons. The van der Waals surface area contributed by atoms with Crippen molar-refractivity contribution < 1.29 is 4.74 Å². The van der Waals surface area contributed by atoms with Crippen molar-refractivity contribution in [3.8, 4) is 11.4 Å². The molecule has 1 aliphatic rings. The summed E-state index contributed by atoms with van der Waals surface area (Å²) in [6.45, 7) is 1.79. The normalized spacial score (nSPS) is 20.4. The molecule has 1 fully saturated rings. The minimum atomic E-state index is 0.347. The summed E-state index contributed by atoms with van der Waals surface area (Å²) in [5.41, 5.74) is 1.09. The number of nitrogens with zero attached hydrogens (tertiary/aromatic N) is 3. The van der Waals surface area contributed by atoms with Crippen molar-refractivity contribution >= 4 is 11.5 Å². The van der Waals surface area contributed by atoms with E-state index in [0.717, 1.165) is 31.0 Å². The highest BCUT2D eigenvalue weighted by Gasteiger charge is 2.17. The Bertz CT molecular complexity index is 446. The first-order valence-electron chi connectivity index (χ1n) is 5.46. The lowest BCUT2D eigenvalue weighted by Gasteiger charge is -2.12. The number of rotatable bonds is 3. The lowest BCUT2D eigenvalue weighted by Crippen LogP contribution is -2.15. The van der Waals surface area contributed by atoms with E-state index in [4.69, 9.17) is 4.74 Å². The first-order chi connectivity index (χ1) is 7.93. The minimum absolute atomic E-state index is 0.347. The van der Waals surface area contributed by atoms with E-state index in [1.54, 1.807) is 0 Å². The third-order valence-electron chi connectivity index (χ3n) is 2.83. The first-order valence-corrected chi connectivity index (χ1v) is 6.29. The quantitative estimate of drug-likeness (QED) is 0.818. The number of hydrogen-bond donors (Lipinski definition) is 0. The van der Waals surface area contributed by atoms with Gasteiger partial charge in [-0.3, -0.25) is 0 Å². The van der Waals surface area contributed by atoms with Crippen molar-refractivity contribution in [2.45, 2.75) is 25.5 Å². The zero-order valence-corrected chi connectivity index (χ0v) is 9.69. The van der Waals surface area contributed by atoms with Crippen molar-refractivity contribution in [1.82, 2.24) is 13.9 Å². The van der Waals surface area contributed by atoms with E-state index in [9.17, 15) is 0 Å². The second-order valence-electron chi connectivity index (χ2n) is 3.95. The van der Waals surface area contributed by atoms with Crippen LogP contribution in [0.2, 0.25) is 0 Å². The largest absolute Gasteiger partial charge is 0.376 e. The van der Waals surface area contributed by atoms with Crippen molar-refractivity contribution in [3.05, 3.63) is 24.0 Å². The Morgan fingerprint density at radius 2 is 2.56 bits per heavy atom. The van der Waals surface area contributed by atoms with Gasteiger partial charge in [0, 0.05) is 29.9 Å². The maximum atomic E-state index is 5.64. The maximum absolute atomic E-state index is 5.64. The molecule has 0 saturated carbocycles. The van der Waals surface area contributed by atoms with Crippen LogP contribution in [0.25, 0.3) is 11.4 Å². The zero-order valence-electron chi connectivity index (χ0n) is 8.87. The molecule has 1 aliphatic heterocycles. The molecule has 1 atom stereocenters. The van der Waals surface area contributed by atoms with Crippen LogP contribution in [-0.4, -0.2) is 26.6 Å². The van der Waals surface area contributed by atoms with Gasteiger partial charge < -0.3 is 9.30 Å². The molecule has 1 saturated heterocycles. The molecule has 5 heteroatoms. The lowest BCUT2D eigenvalue weighted by molar-refractivity contribution is 0.0974. The second-order valence-corrected chi connectivity index (χ2v) is 4.61. The summed E-state index contributed by atoms with van der Waals surface area (Å²) in [6, 6.07) is 0. The molecule has 0 bridgehead atoms. The maximum Gasteiger partial charge on any atom is 0.142 e.